The summed E-state index contributed by atoms with van der Waals surface area (Å²) >= 11 is 3.12. The zero-order valence-electron chi connectivity index (χ0n) is 8.92. The third-order valence-corrected chi connectivity index (χ3v) is 2.51. The quantitative estimate of drug-likeness (QED) is 0.516. The summed E-state index contributed by atoms with van der Waals surface area (Å²) in [4.78, 5) is 21.1. The molecule has 1 N–H and O–H groups in total. The molecular formula is C10H10BrNO5. The van der Waals surface area contributed by atoms with E-state index in [0.717, 1.165) is 7.11 Å². The predicted molar refractivity (Wildman–Crippen MR) is 62.5 cm³/mol. The molecule has 1 aromatic rings. The Morgan fingerprint density at radius 3 is 2.76 bits per heavy atom. The number of ether oxygens (including phenoxy) is 1. The minimum atomic E-state index is -1.33. The summed E-state index contributed by atoms with van der Waals surface area (Å²) in [6.45, 7) is 0. The molecule has 0 saturated carbocycles. The van der Waals surface area contributed by atoms with Gasteiger partial charge in [-0.25, -0.2) is 4.79 Å². The number of nitrogens with zero attached hydrogens (tertiary/aromatic N) is 1. The Bertz CT molecular complexity index is 448. The molecule has 6 nitrogen and oxygen atoms in total. The van der Waals surface area contributed by atoms with E-state index in [9.17, 15) is 20.0 Å². The average molecular weight is 304 g/mol. The van der Waals surface area contributed by atoms with Crippen LogP contribution in [0.3, 0.4) is 0 Å². The van der Waals surface area contributed by atoms with E-state index in [2.05, 4.69) is 20.7 Å². The van der Waals surface area contributed by atoms with Crippen molar-refractivity contribution in [3.8, 4) is 0 Å². The first kappa shape index (κ1) is 13.6. The van der Waals surface area contributed by atoms with Crippen LogP contribution in [0.4, 0.5) is 5.69 Å². The van der Waals surface area contributed by atoms with Crippen molar-refractivity contribution in [1.29, 1.82) is 0 Å². The number of esters is 1. The normalized spacial score (nSPS) is 11.9. The fraction of sp³-hybridized carbons (Fsp3) is 0.300. The summed E-state index contributed by atoms with van der Waals surface area (Å²) in [5.74, 6) is -0.771. The number of carbonyl (C=O) groups excluding carboxylic acids is 1. The molecule has 1 rings (SSSR count). The van der Waals surface area contributed by atoms with Crippen LogP contribution in [-0.4, -0.2) is 29.2 Å². The van der Waals surface area contributed by atoms with Gasteiger partial charge in [-0.2, -0.15) is 0 Å². The molecule has 0 aliphatic carbocycles. The van der Waals surface area contributed by atoms with Crippen molar-refractivity contribution < 1.29 is 19.6 Å². The van der Waals surface area contributed by atoms with Crippen molar-refractivity contribution in [3.05, 3.63) is 38.3 Å². The molecule has 1 aromatic carbocycles. The number of methoxy groups -OCH3 is 1. The van der Waals surface area contributed by atoms with Crippen molar-refractivity contribution in [3.63, 3.8) is 0 Å². The number of non-ortho nitro benzene ring substituents is 1. The van der Waals surface area contributed by atoms with Gasteiger partial charge in [0.25, 0.3) is 5.69 Å². The SMILES string of the molecule is COC(=O)C(O)Cc1cc(Br)cc([N+](=O)[O-])c1. The van der Waals surface area contributed by atoms with E-state index in [1.807, 2.05) is 0 Å². The van der Waals surface area contributed by atoms with E-state index in [1.165, 1.54) is 12.1 Å². The zero-order valence-corrected chi connectivity index (χ0v) is 10.5. The molecule has 17 heavy (non-hydrogen) atoms. The van der Waals surface area contributed by atoms with Crippen LogP contribution in [0.25, 0.3) is 0 Å². The Kier molecular flexibility index (Phi) is 4.59. The highest BCUT2D eigenvalue weighted by Crippen LogP contribution is 2.22. The molecule has 1 unspecified atom stereocenters. The summed E-state index contributed by atoms with van der Waals surface area (Å²) in [5, 5.41) is 20.0. The molecule has 0 aliphatic rings. The number of rotatable bonds is 4. The third kappa shape index (κ3) is 3.79. The molecule has 0 heterocycles. The van der Waals surface area contributed by atoms with Crippen molar-refractivity contribution in [2.24, 2.45) is 0 Å². The summed E-state index contributed by atoms with van der Waals surface area (Å²) in [5.41, 5.74) is 0.371. The minimum absolute atomic E-state index is 0.0348. The maximum atomic E-state index is 11.0. The second-order valence-electron chi connectivity index (χ2n) is 3.32. The van der Waals surface area contributed by atoms with E-state index >= 15 is 0 Å². The first-order valence-electron chi connectivity index (χ1n) is 4.63. The fourth-order valence-electron chi connectivity index (χ4n) is 1.30. The second-order valence-corrected chi connectivity index (χ2v) is 4.23. The number of nitro benzene ring substituents is 1. The highest BCUT2D eigenvalue weighted by Gasteiger charge is 2.18. The standard InChI is InChI=1S/C10H10BrNO5/c1-17-10(14)9(13)4-6-2-7(11)5-8(3-6)12(15)16/h2-3,5,9,13H,4H2,1H3. The van der Waals surface area contributed by atoms with Crippen molar-refractivity contribution in [1.82, 2.24) is 0 Å². The van der Waals surface area contributed by atoms with Crippen LogP contribution >= 0.6 is 15.9 Å². The van der Waals surface area contributed by atoms with Gasteiger partial charge in [0.2, 0.25) is 0 Å². The zero-order chi connectivity index (χ0) is 13.0. The van der Waals surface area contributed by atoms with Crippen molar-refractivity contribution >= 4 is 27.6 Å². The van der Waals surface area contributed by atoms with Gasteiger partial charge >= 0.3 is 5.97 Å². The second kappa shape index (κ2) is 5.74. The lowest BCUT2D eigenvalue weighted by Gasteiger charge is -2.08. The number of aliphatic hydroxyl groups is 1. The van der Waals surface area contributed by atoms with Crippen LogP contribution in [0.2, 0.25) is 0 Å². The number of carbonyl (C=O) groups is 1. The van der Waals surface area contributed by atoms with Gasteiger partial charge < -0.3 is 9.84 Å². The lowest BCUT2D eigenvalue weighted by atomic mass is 10.1. The van der Waals surface area contributed by atoms with Crippen LogP contribution in [0.5, 0.6) is 0 Å². The first-order valence-corrected chi connectivity index (χ1v) is 5.43. The van der Waals surface area contributed by atoms with Crippen LogP contribution in [0, 0.1) is 10.1 Å². The van der Waals surface area contributed by atoms with E-state index < -0.39 is 17.0 Å². The Morgan fingerprint density at radius 1 is 1.59 bits per heavy atom. The molecule has 7 heteroatoms. The van der Waals surface area contributed by atoms with Gasteiger partial charge in [0.15, 0.2) is 6.10 Å². The van der Waals surface area contributed by atoms with Crippen molar-refractivity contribution in [2.75, 3.05) is 7.11 Å². The van der Waals surface area contributed by atoms with Crippen LogP contribution in [0.1, 0.15) is 5.56 Å². The summed E-state index contributed by atoms with van der Waals surface area (Å²) < 4.78 is 4.87. The topological polar surface area (TPSA) is 89.7 Å². The van der Waals surface area contributed by atoms with Crippen LogP contribution in [-0.2, 0) is 16.0 Å². The molecule has 92 valence electrons. The van der Waals surface area contributed by atoms with E-state index in [4.69, 9.17) is 0 Å². The number of halogens is 1. The van der Waals surface area contributed by atoms with Crippen LogP contribution < -0.4 is 0 Å². The molecule has 0 amide bonds. The maximum Gasteiger partial charge on any atom is 0.335 e. The molecule has 0 bridgehead atoms. The van der Waals surface area contributed by atoms with Gasteiger partial charge in [-0.15, -0.1) is 0 Å². The van der Waals surface area contributed by atoms with Gasteiger partial charge in [0.1, 0.15) is 0 Å². The Hall–Kier alpha value is -1.47. The van der Waals surface area contributed by atoms with Gasteiger partial charge in [-0.1, -0.05) is 15.9 Å². The van der Waals surface area contributed by atoms with Gasteiger partial charge in [0, 0.05) is 23.0 Å². The maximum absolute atomic E-state index is 11.0. The van der Waals surface area contributed by atoms with E-state index in [-0.39, 0.29) is 12.1 Å². The number of nitro groups is 1. The smallest absolute Gasteiger partial charge is 0.335 e. The Balaban J connectivity index is 2.91. The van der Waals surface area contributed by atoms with E-state index in [0.29, 0.717) is 10.0 Å². The minimum Gasteiger partial charge on any atom is -0.467 e. The lowest BCUT2D eigenvalue weighted by molar-refractivity contribution is -0.385. The van der Waals surface area contributed by atoms with E-state index in [1.54, 1.807) is 6.07 Å². The van der Waals surface area contributed by atoms with Crippen LogP contribution in [0.15, 0.2) is 22.7 Å². The molecule has 0 spiro atoms. The number of aliphatic hydroxyl groups excluding tert-OH is 1. The van der Waals surface area contributed by atoms with Crippen molar-refractivity contribution in [2.45, 2.75) is 12.5 Å². The van der Waals surface area contributed by atoms with Gasteiger partial charge in [-0.05, 0) is 11.6 Å². The third-order valence-electron chi connectivity index (χ3n) is 2.06. The fourth-order valence-corrected chi connectivity index (χ4v) is 1.83. The number of hydrogen-bond donors (Lipinski definition) is 1. The monoisotopic (exact) mass is 303 g/mol. The summed E-state index contributed by atoms with van der Waals surface area (Å²) in [6.07, 6.45) is -1.36. The molecule has 0 saturated heterocycles. The van der Waals surface area contributed by atoms with Gasteiger partial charge in [-0.3, -0.25) is 10.1 Å². The summed E-state index contributed by atoms with van der Waals surface area (Å²) in [6, 6.07) is 4.24. The summed E-state index contributed by atoms with van der Waals surface area (Å²) in [7, 11) is 1.16. The highest BCUT2D eigenvalue weighted by atomic mass is 79.9. The molecule has 0 fully saturated rings. The molecular weight excluding hydrogens is 294 g/mol. The highest BCUT2D eigenvalue weighted by molar-refractivity contribution is 9.10. The Labute approximate surface area is 105 Å². The van der Waals surface area contributed by atoms with Gasteiger partial charge in [0.05, 0.1) is 12.0 Å². The lowest BCUT2D eigenvalue weighted by Crippen LogP contribution is -2.24. The average Bonchev–Trinajstić information content (AvgIpc) is 2.26. The molecule has 0 aromatic heterocycles. The predicted octanol–water partition coefficient (Wildman–Crippen LogP) is 1.43. The molecule has 0 radical (unpaired) electrons. The molecule has 0 aliphatic heterocycles. The first-order chi connectivity index (χ1) is 7.93. The largest absolute Gasteiger partial charge is 0.467 e. The Morgan fingerprint density at radius 2 is 2.24 bits per heavy atom. The molecule has 1 atom stereocenters. The number of benzene rings is 1. The number of hydrogen-bond acceptors (Lipinski definition) is 5.